The van der Waals surface area contributed by atoms with Crippen molar-refractivity contribution in [3.05, 3.63) is 0 Å². The average molecular weight is 244 g/mol. The molecule has 0 saturated carbocycles. The van der Waals surface area contributed by atoms with Gasteiger partial charge in [-0.3, -0.25) is 0 Å². The van der Waals surface area contributed by atoms with Crippen LogP contribution in [0, 0.1) is 5.92 Å². The minimum absolute atomic E-state index is 0.510. The van der Waals surface area contributed by atoms with E-state index >= 15 is 0 Å². The molecule has 0 rings (SSSR count). The Morgan fingerprint density at radius 3 is 1.88 bits per heavy atom. The number of aliphatic hydroxyl groups excluding tert-OH is 2. The molecule has 17 heavy (non-hydrogen) atoms. The Morgan fingerprint density at radius 1 is 0.765 bits per heavy atom. The third-order valence-corrected chi connectivity index (χ3v) is 3.69. The molecule has 0 saturated heterocycles. The maximum absolute atomic E-state index is 9.81. The van der Waals surface area contributed by atoms with Crippen molar-refractivity contribution in [2.24, 2.45) is 5.92 Å². The minimum atomic E-state index is -0.513. The molecule has 0 aliphatic carbocycles. The Bertz CT molecular complexity index is 159. The van der Waals surface area contributed by atoms with E-state index in [0.29, 0.717) is 0 Å². The fraction of sp³-hybridized carbons (Fsp3) is 1.00. The maximum atomic E-state index is 9.81. The Kier molecular flexibility index (Phi) is 11.0. The molecule has 3 unspecified atom stereocenters. The first kappa shape index (κ1) is 16.9. The van der Waals surface area contributed by atoms with E-state index in [2.05, 4.69) is 20.8 Å². The molecule has 2 heteroatoms. The fourth-order valence-corrected chi connectivity index (χ4v) is 2.04. The summed E-state index contributed by atoms with van der Waals surface area (Å²) >= 11 is 0. The molecule has 0 radical (unpaired) electrons. The zero-order valence-corrected chi connectivity index (χ0v) is 12.0. The van der Waals surface area contributed by atoms with Crippen LogP contribution in [0.15, 0.2) is 0 Å². The van der Waals surface area contributed by atoms with Gasteiger partial charge in [-0.05, 0) is 18.8 Å². The zero-order valence-electron chi connectivity index (χ0n) is 12.0. The number of unbranched alkanes of at least 4 members (excludes halogenated alkanes) is 3. The largest absolute Gasteiger partial charge is 0.390 e. The van der Waals surface area contributed by atoms with Crippen molar-refractivity contribution in [2.45, 2.75) is 90.8 Å². The number of rotatable bonds is 11. The van der Waals surface area contributed by atoms with Gasteiger partial charge in [0.1, 0.15) is 0 Å². The smallest absolute Gasteiger partial charge is 0.0799 e. The predicted octanol–water partition coefficient (Wildman–Crippen LogP) is 3.90. The lowest BCUT2D eigenvalue weighted by Gasteiger charge is -2.18. The summed E-state index contributed by atoms with van der Waals surface area (Å²) in [6.45, 7) is 6.62. The van der Waals surface area contributed by atoms with Crippen LogP contribution >= 0.6 is 0 Å². The van der Waals surface area contributed by atoms with Crippen molar-refractivity contribution < 1.29 is 10.2 Å². The van der Waals surface area contributed by atoms with E-state index in [1.165, 1.54) is 25.7 Å². The van der Waals surface area contributed by atoms with Crippen LogP contribution in [0.5, 0.6) is 0 Å². The molecule has 104 valence electrons. The van der Waals surface area contributed by atoms with Crippen molar-refractivity contribution >= 4 is 0 Å². The van der Waals surface area contributed by atoms with Crippen LogP contribution in [0.3, 0.4) is 0 Å². The monoisotopic (exact) mass is 244 g/mol. The Hall–Kier alpha value is -0.0800. The molecular weight excluding hydrogens is 212 g/mol. The van der Waals surface area contributed by atoms with Gasteiger partial charge in [0.2, 0.25) is 0 Å². The molecule has 0 bridgehead atoms. The molecule has 0 fully saturated rings. The van der Waals surface area contributed by atoms with E-state index in [1.807, 2.05) is 0 Å². The van der Waals surface area contributed by atoms with Crippen LogP contribution < -0.4 is 0 Å². The second-order valence-corrected chi connectivity index (χ2v) is 5.43. The summed E-state index contributed by atoms with van der Waals surface area (Å²) in [5, 5.41) is 19.6. The van der Waals surface area contributed by atoms with E-state index in [9.17, 15) is 10.2 Å². The topological polar surface area (TPSA) is 40.5 Å². The van der Waals surface area contributed by atoms with Gasteiger partial charge in [0.15, 0.2) is 0 Å². The molecule has 3 atom stereocenters. The molecule has 0 amide bonds. The van der Waals surface area contributed by atoms with E-state index < -0.39 is 12.2 Å². The van der Waals surface area contributed by atoms with Crippen LogP contribution in [0.1, 0.15) is 78.6 Å². The Balaban J connectivity index is 3.49. The lowest BCUT2D eigenvalue weighted by atomic mass is 9.97. The van der Waals surface area contributed by atoms with Gasteiger partial charge in [-0.25, -0.2) is 0 Å². The summed E-state index contributed by atoms with van der Waals surface area (Å²) in [5.41, 5.74) is 0. The van der Waals surface area contributed by atoms with Crippen molar-refractivity contribution in [1.29, 1.82) is 0 Å². The molecule has 0 aliphatic rings. The molecule has 2 nitrogen and oxygen atoms in total. The number of hydrogen-bond donors (Lipinski definition) is 2. The molecule has 0 aromatic heterocycles. The second kappa shape index (κ2) is 11.0. The highest BCUT2D eigenvalue weighted by Crippen LogP contribution is 2.16. The molecule has 0 aliphatic heterocycles. The second-order valence-electron chi connectivity index (χ2n) is 5.43. The molecule has 2 N–H and O–H groups in total. The van der Waals surface area contributed by atoms with Gasteiger partial charge in [0.05, 0.1) is 12.2 Å². The number of aliphatic hydroxyl groups is 2. The van der Waals surface area contributed by atoms with Crippen LogP contribution in [0.25, 0.3) is 0 Å². The standard InChI is InChI=1S/C15H32O2/c1-4-6-7-8-11-14(16)15(17)12-9-10-13(3)5-2/h13-17H,4-12H2,1-3H3. The number of hydrogen-bond acceptors (Lipinski definition) is 2. The average Bonchev–Trinajstić information content (AvgIpc) is 2.33. The lowest BCUT2D eigenvalue weighted by molar-refractivity contribution is 0.00669. The third-order valence-electron chi connectivity index (χ3n) is 3.69. The highest BCUT2D eigenvalue weighted by molar-refractivity contribution is 4.68. The predicted molar refractivity (Wildman–Crippen MR) is 74.1 cm³/mol. The summed E-state index contributed by atoms with van der Waals surface area (Å²) in [6, 6.07) is 0. The fourth-order valence-electron chi connectivity index (χ4n) is 2.04. The quantitative estimate of drug-likeness (QED) is 0.541. The van der Waals surface area contributed by atoms with Gasteiger partial charge in [0, 0.05) is 0 Å². The first-order valence-electron chi connectivity index (χ1n) is 7.47. The zero-order chi connectivity index (χ0) is 13.1. The first-order chi connectivity index (χ1) is 8.11. The highest BCUT2D eigenvalue weighted by atomic mass is 16.3. The SMILES string of the molecule is CCCCCCC(O)C(O)CCCC(C)CC. The Morgan fingerprint density at radius 2 is 1.35 bits per heavy atom. The summed E-state index contributed by atoms with van der Waals surface area (Å²) < 4.78 is 0. The van der Waals surface area contributed by atoms with Gasteiger partial charge < -0.3 is 10.2 Å². The van der Waals surface area contributed by atoms with Crippen molar-refractivity contribution in [3.8, 4) is 0 Å². The molecule has 0 aromatic carbocycles. The van der Waals surface area contributed by atoms with Crippen LogP contribution in [-0.2, 0) is 0 Å². The van der Waals surface area contributed by atoms with E-state index in [-0.39, 0.29) is 0 Å². The van der Waals surface area contributed by atoms with Gasteiger partial charge in [-0.2, -0.15) is 0 Å². The van der Waals surface area contributed by atoms with Gasteiger partial charge in [-0.1, -0.05) is 65.7 Å². The van der Waals surface area contributed by atoms with Crippen molar-refractivity contribution in [3.63, 3.8) is 0 Å². The highest BCUT2D eigenvalue weighted by Gasteiger charge is 2.15. The Labute approximate surface area is 107 Å². The van der Waals surface area contributed by atoms with Crippen LogP contribution in [0.2, 0.25) is 0 Å². The van der Waals surface area contributed by atoms with Crippen LogP contribution in [0.4, 0.5) is 0 Å². The van der Waals surface area contributed by atoms with E-state index in [1.54, 1.807) is 0 Å². The first-order valence-corrected chi connectivity index (χ1v) is 7.47. The molecule has 0 spiro atoms. The van der Waals surface area contributed by atoms with Gasteiger partial charge in [-0.15, -0.1) is 0 Å². The van der Waals surface area contributed by atoms with Crippen molar-refractivity contribution in [1.82, 2.24) is 0 Å². The lowest BCUT2D eigenvalue weighted by Crippen LogP contribution is -2.25. The molecule has 0 aromatic rings. The van der Waals surface area contributed by atoms with Gasteiger partial charge >= 0.3 is 0 Å². The minimum Gasteiger partial charge on any atom is -0.390 e. The summed E-state index contributed by atoms with van der Waals surface area (Å²) in [4.78, 5) is 0. The normalized spacial score (nSPS) is 16.8. The summed E-state index contributed by atoms with van der Waals surface area (Å²) in [6.07, 6.45) is 8.54. The van der Waals surface area contributed by atoms with Crippen molar-refractivity contribution in [2.75, 3.05) is 0 Å². The third kappa shape index (κ3) is 9.61. The van der Waals surface area contributed by atoms with E-state index in [4.69, 9.17) is 0 Å². The molecule has 0 heterocycles. The summed E-state index contributed by atoms with van der Waals surface area (Å²) in [7, 11) is 0. The summed E-state index contributed by atoms with van der Waals surface area (Å²) in [5.74, 6) is 0.740. The van der Waals surface area contributed by atoms with Gasteiger partial charge in [0.25, 0.3) is 0 Å². The van der Waals surface area contributed by atoms with Crippen LogP contribution in [-0.4, -0.2) is 22.4 Å². The maximum Gasteiger partial charge on any atom is 0.0799 e. The van der Waals surface area contributed by atoms with E-state index in [0.717, 1.165) is 38.0 Å². The molecular formula is C15H32O2.